The van der Waals surface area contributed by atoms with Crippen molar-refractivity contribution in [2.24, 2.45) is 0 Å². The standard InChI is InChI=1S/C9H6N2/c1-6-7(2)11-9-5-10-4-3-8(6)9/h1-5,11H. The van der Waals surface area contributed by atoms with Crippen LogP contribution in [0.3, 0.4) is 0 Å². The molecule has 0 amide bonds. The Kier molecular flexibility index (Phi) is 1.22. The molecule has 0 unspecified atom stereocenters. The molecule has 0 spiro atoms. The predicted octanol–water partition coefficient (Wildman–Crippen LogP) is 1.68. The summed E-state index contributed by atoms with van der Waals surface area (Å²) in [6.45, 7) is 11.2. The second kappa shape index (κ2) is 2.09. The van der Waals surface area contributed by atoms with Gasteiger partial charge in [-0.1, -0.05) is 0 Å². The van der Waals surface area contributed by atoms with E-state index in [1.54, 1.807) is 12.4 Å². The Morgan fingerprint density at radius 3 is 2.91 bits per heavy atom. The van der Waals surface area contributed by atoms with Crippen molar-refractivity contribution in [3.05, 3.63) is 43.6 Å². The molecule has 11 heavy (non-hydrogen) atoms. The lowest BCUT2D eigenvalue weighted by molar-refractivity contribution is 1.32. The Morgan fingerprint density at radius 1 is 1.36 bits per heavy atom. The molecule has 0 aromatic carbocycles. The SMILES string of the molecule is [CH]c1[nH]c2cnccc2c1[CH]. The molecule has 2 aromatic rings. The van der Waals surface area contributed by atoms with E-state index in [-0.39, 0.29) is 0 Å². The maximum atomic E-state index is 5.65. The molecule has 2 aromatic heterocycles. The van der Waals surface area contributed by atoms with Crippen LogP contribution < -0.4 is 0 Å². The average molecular weight is 142 g/mol. The van der Waals surface area contributed by atoms with Gasteiger partial charge in [0.15, 0.2) is 0 Å². The highest BCUT2D eigenvalue weighted by Crippen LogP contribution is 2.18. The summed E-state index contributed by atoms with van der Waals surface area (Å²) < 4.78 is 0. The van der Waals surface area contributed by atoms with Gasteiger partial charge in [0.25, 0.3) is 0 Å². The number of H-pyrrole nitrogens is 1. The summed E-state index contributed by atoms with van der Waals surface area (Å²) >= 11 is 0. The second-order valence-corrected chi connectivity index (χ2v) is 2.37. The van der Waals surface area contributed by atoms with Crippen molar-refractivity contribution in [2.45, 2.75) is 0 Å². The van der Waals surface area contributed by atoms with E-state index in [0.29, 0.717) is 11.3 Å². The van der Waals surface area contributed by atoms with Gasteiger partial charge >= 0.3 is 0 Å². The van der Waals surface area contributed by atoms with Crippen LogP contribution >= 0.6 is 0 Å². The van der Waals surface area contributed by atoms with Crippen LogP contribution in [0.1, 0.15) is 11.3 Å². The van der Waals surface area contributed by atoms with E-state index in [1.807, 2.05) is 6.07 Å². The molecule has 0 saturated heterocycles. The van der Waals surface area contributed by atoms with Crippen LogP contribution in [0.4, 0.5) is 0 Å². The Hall–Kier alpha value is -1.31. The maximum absolute atomic E-state index is 5.65. The number of hydrogen-bond acceptors (Lipinski definition) is 1. The van der Waals surface area contributed by atoms with Gasteiger partial charge in [0.05, 0.1) is 11.7 Å². The third-order valence-electron chi connectivity index (χ3n) is 1.67. The minimum absolute atomic E-state index is 0.507. The summed E-state index contributed by atoms with van der Waals surface area (Å²) in [6.07, 6.45) is 3.38. The lowest BCUT2D eigenvalue weighted by Crippen LogP contribution is -1.71. The zero-order valence-corrected chi connectivity index (χ0v) is 5.83. The van der Waals surface area contributed by atoms with E-state index >= 15 is 0 Å². The van der Waals surface area contributed by atoms with Gasteiger partial charge in [-0.25, -0.2) is 0 Å². The minimum atomic E-state index is 0.507. The van der Waals surface area contributed by atoms with Gasteiger partial charge < -0.3 is 4.98 Å². The van der Waals surface area contributed by atoms with Gasteiger partial charge in [-0.3, -0.25) is 4.98 Å². The van der Waals surface area contributed by atoms with E-state index in [4.69, 9.17) is 13.8 Å². The normalized spacial score (nSPS) is 10.7. The first kappa shape index (κ1) is 6.40. The third kappa shape index (κ3) is 0.827. The Labute approximate surface area is 65.3 Å². The molecule has 0 aliphatic carbocycles. The second-order valence-electron chi connectivity index (χ2n) is 2.37. The molecule has 1 N–H and O–H groups in total. The Bertz CT molecular complexity index is 387. The van der Waals surface area contributed by atoms with Crippen molar-refractivity contribution >= 4 is 10.9 Å². The lowest BCUT2D eigenvalue weighted by Gasteiger charge is -1.86. The van der Waals surface area contributed by atoms with Gasteiger partial charge in [-0.15, -0.1) is 0 Å². The van der Waals surface area contributed by atoms with Crippen LogP contribution in [0.15, 0.2) is 18.5 Å². The molecule has 4 radical (unpaired) electrons. The fourth-order valence-corrected chi connectivity index (χ4v) is 1.09. The summed E-state index contributed by atoms with van der Waals surface area (Å²) in [4.78, 5) is 6.84. The molecule has 0 atom stereocenters. The molecule has 0 fully saturated rings. The zero-order valence-electron chi connectivity index (χ0n) is 5.83. The van der Waals surface area contributed by atoms with E-state index < -0.39 is 0 Å². The zero-order chi connectivity index (χ0) is 7.84. The van der Waals surface area contributed by atoms with Gasteiger partial charge in [0.1, 0.15) is 0 Å². The number of aromatic amines is 1. The molecular weight excluding hydrogens is 136 g/mol. The van der Waals surface area contributed by atoms with E-state index in [9.17, 15) is 0 Å². The minimum Gasteiger partial charge on any atom is -0.357 e. The molecule has 0 aliphatic heterocycles. The number of aromatic nitrogens is 2. The summed E-state index contributed by atoms with van der Waals surface area (Å²) in [5, 5.41) is 0.928. The molecule has 52 valence electrons. The quantitative estimate of drug-likeness (QED) is 0.595. The number of nitrogens with zero attached hydrogens (tertiary/aromatic N) is 1. The van der Waals surface area contributed by atoms with Crippen molar-refractivity contribution in [3.8, 4) is 0 Å². The van der Waals surface area contributed by atoms with E-state index in [2.05, 4.69) is 9.97 Å². The average Bonchev–Trinajstić information content (AvgIpc) is 2.30. The van der Waals surface area contributed by atoms with Crippen LogP contribution in [0, 0.1) is 13.8 Å². The molecule has 2 heteroatoms. The first-order valence-corrected chi connectivity index (χ1v) is 3.25. The number of pyridine rings is 1. The van der Waals surface area contributed by atoms with Crippen molar-refractivity contribution in [1.82, 2.24) is 9.97 Å². The van der Waals surface area contributed by atoms with Gasteiger partial charge in [0.2, 0.25) is 0 Å². The molecule has 2 heterocycles. The van der Waals surface area contributed by atoms with Crippen LogP contribution in [0.25, 0.3) is 10.9 Å². The highest BCUT2D eigenvalue weighted by molar-refractivity contribution is 5.84. The fourth-order valence-electron chi connectivity index (χ4n) is 1.09. The highest BCUT2D eigenvalue weighted by Gasteiger charge is 2.01. The van der Waals surface area contributed by atoms with Gasteiger partial charge in [-0.05, 0) is 11.6 Å². The number of hydrogen-bond donors (Lipinski definition) is 1. The number of fused-ring (bicyclic) bond motifs is 1. The van der Waals surface area contributed by atoms with E-state index in [0.717, 1.165) is 10.9 Å². The summed E-state index contributed by atoms with van der Waals surface area (Å²) in [5.41, 5.74) is 1.98. The van der Waals surface area contributed by atoms with Crippen LogP contribution in [-0.4, -0.2) is 9.97 Å². The monoisotopic (exact) mass is 142 g/mol. The summed E-state index contributed by atoms with van der Waals surface area (Å²) in [7, 11) is 0. The molecule has 2 rings (SSSR count). The van der Waals surface area contributed by atoms with Crippen molar-refractivity contribution in [2.75, 3.05) is 0 Å². The van der Waals surface area contributed by atoms with E-state index in [1.165, 1.54) is 0 Å². The molecular formula is C9H6N2. The number of nitrogens with one attached hydrogen (secondary N) is 1. The van der Waals surface area contributed by atoms with Crippen LogP contribution in [0.2, 0.25) is 0 Å². The summed E-state index contributed by atoms with van der Waals surface area (Å²) in [6, 6.07) is 1.83. The molecule has 0 bridgehead atoms. The first-order chi connectivity index (χ1) is 5.29. The fraction of sp³-hybridized carbons (Fsp3) is 0. The van der Waals surface area contributed by atoms with Crippen LogP contribution in [0.5, 0.6) is 0 Å². The molecule has 0 saturated carbocycles. The van der Waals surface area contributed by atoms with Crippen molar-refractivity contribution in [1.29, 1.82) is 0 Å². The number of rotatable bonds is 0. The topological polar surface area (TPSA) is 28.7 Å². The van der Waals surface area contributed by atoms with Crippen LogP contribution in [-0.2, 0) is 0 Å². The van der Waals surface area contributed by atoms with Gasteiger partial charge in [-0.2, -0.15) is 0 Å². The van der Waals surface area contributed by atoms with Crippen molar-refractivity contribution in [3.63, 3.8) is 0 Å². The highest BCUT2D eigenvalue weighted by atomic mass is 14.7. The largest absolute Gasteiger partial charge is 0.357 e. The van der Waals surface area contributed by atoms with Crippen molar-refractivity contribution < 1.29 is 0 Å². The predicted molar refractivity (Wildman–Crippen MR) is 42.9 cm³/mol. The lowest BCUT2D eigenvalue weighted by atomic mass is 10.2. The first-order valence-electron chi connectivity index (χ1n) is 3.25. The van der Waals surface area contributed by atoms with Gasteiger partial charge in [0, 0.05) is 31.1 Å². The Balaban J connectivity index is 2.92. The smallest absolute Gasteiger partial charge is 0.0645 e. The Morgan fingerprint density at radius 2 is 2.18 bits per heavy atom. The third-order valence-corrected chi connectivity index (χ3v) is 1.67. The maximum Gasteiger partial charge on any atom is 0.0645 e. The molecule has 2 nitrogen and oxygen atoms in total. The summed E-state index contributed by atoms with van der Waals surface area (Å²) in [5.74, 6) is 0. The molecule has 0 aliphatic rings.